The van der Waals surface area contributed by atoms with Crippen molar-refractivity contribution in [1.82, 2.24) is 0 Å². The van der Waals surface area contributed by atoms with Crippen LogP contribution in [0.5, 0.6) is 0 Å². The Bertz CT molecular complexity index is 383. The van der Waals surface area contributed by atoms with Crippen LogP contribution in [0.3, 0.4) is 0 Å². The van der Waals surface area contributed by atoms with Crippen molar-refractivity contribution < 1.29 is 9.53 Å². The molecule has 1 aromatic rings. The summed E-state index contributed by atoms with van der Waals surface area (Å²) in [6, 6.07) is 4.98. The van der Waals surface area contributed by atoms with Gasteiger partial charge in [-0.1, -0.05) is 11.6 Å². The zero-order valence-electron chi connectivity index (χ0n) is 9.83. The van der Waals surface area contributed by atoms with Crippen molar-refractivity contribution in [3.05, 3.63) is 23.2 Å². The molecule has 94 valence electrons. The Labute approximate surface area is 106 Å². The topological polar surface area (TPSA) is 64.3 Å². The lowest BCUT2D eigenvalue weighted by atomic mass is 10.2. The van der Waals surface area contributed by atoms with Gasteiger partial charge in [-0.15, -0.1) is 0 Å². The van der Waals surface area contributed by atoms with E-state index in [1.165, 1.54) is 0 Å². The van der Waals surface area contributed by atoms with Crippen LogP contribution in [0.1, 0.15) is 19.8 Å². The Morgan fingerprint density at radius 3 is 3.00 bits per heavy atom. The second kappa shape index (κ2) is 7.14. The van der Waals surface area contributed by atoms with E-state index in [-0.39, 0.29) is 5.91 Å². The van der Waals surface area contributed by atoms with E-state index in [0.29, 0.717) is 42.5 Å². The van der Waals surface area contributed by atoms with Gasteiger partial charge in [0.15, 0.2) is 0 Å². The SMILES string of the molecule is CCOCCCC(=O)Nc1cc(Cl)ccc1N. The molecule has 0 unspecified atom stereocenters. The Balaban J connectivity index is 2.42. The van der Waals surface area contributed by atoms with Gasteiger partial charge in [0.05, 0.1) is 11.4 Å². The molecule has 1 aromatic carbocycles. The van der Waals surface area contributed by atoms with Crippen LogP contribution >= 0.6 is 11.6 Å². The standard InChI is InChI=1S/C12H17ClN2O2/c1-2-17-7-3-4-12(16)15-11-8-9(13)5-6-10(11)14/h5-6,8H,2-4,7,14H2,1H3,(H,15,16). The zero-order valence-corrected chi connectivity index (χ0v) is 10.6. The number of nitrogen functional groups attached to an aromatic ring is 1. The van der Waals surface area contributed by atoms with Crippen LogP contribution in [0.4, 0.5) is 11.4 Å². The third-order valence-corrected chi connectivity index (χ3v) is 2.42. The molecule has 0 aliphatic carbocycles. The van der Waals surface area contributed by atoms with Gasteiger partial charge in [-0.2, -0.15) is 0 Å². The van der Waals surface area contributed by atoms with Crippen molar-refractivity contribution in [3.63, 3.8) is 0 Å². The first-order valence-corrected chi connectivity index (χ1v) is 5.94. The van der Waals surface area contributed by atoms with E-state index < -0.39 is 0 Å². The molecule has 0 atom stereocenters. The number of carbonyl (C=O) groups excluding carboxylic acids is 1. The van der Waals surface area contributed by atoms with Crippen LogP contribution in [0.15, 0.2) is 18.2 Å². The Kier molecular flexibility index (Phi) is 5.80. The number of ether oxygens (including phenoxy) is 1. The lowest BCUT2D eigenvalue weighted by molar-refractivity contribution is -0.116. The van der Waals surface area contributed by atoms with Crippen molar-refractivity contribution in [2.75, 3.05) is 24.3 Å². The molecular weight excluding hydrogens is 240 g/mol. The van der Waals surface area contributed by atoms with Crippen molar-refractivity contribution in [2.24, 2.45) is 0 Å². The molecule has 0 saturated carbocycles. The molecule has 0 aliphatic heterocycles. The number of hydrogen-bond acceptors (Lipinski definition) is 3. The molecule has 0 radical (unpaired) electrons. The summed E-state index contributed by atoms with van der Waals surface area (Å²) in [7, 11) is 0. The predicted octanol–water partition coefficient (Wildman–Crippen LogP) is 2.68. The lowest BCUT2D eigenvalue weighted by Gasteiger charge is -2.08. The molecular formula is C12H17ClN2O2. The van der Waals surface area contributed by atoms with Gasteiger partial charge < -0.3 is 15.8 Å². The maximum absolute atomic E-state index is 11.6. The fourth-order valence-corrected chi connectivity index (χ4v) is 1.50. The first kappa shape index (κ1) is 13.8. The van der Waals surface area contributed by atoms with E-state index in [1.807, 2.05) is 6.92 Å². The molecule has 0 saturated heterocycles. The van der Waals surface area contributed by atoms with Gasteiger partial charge in [0.1, 0.15) is 0 Å². The highest BCUT2D eigenvalue weighted by atomic mass is 35.5. The predicted molar refractivity (Wildman–Crippen MR) is 70.2 cm³/mol. The maximum atomic E-state index is 11.6. The zero-order chi connectivity index (χ0) is 12.7. The number of nitrogens with two attached hydrogens (primary N) is 1. The van der Waals surface area contributed by atoms with E-state index in [4.69, 9.17) is 22.1 Å². The minimum atomic E-state index is -0.0846. The van der Waals surface area contributed by atoms with E-state index in [9.17, 15) is 4.79 Å². The van der Waals surface area contributed by atoms with E-state index in [0.717, 1.165) is 0 Å². The lowest BCUT2D eigenvalue weighted by Crippen LogP contribution is -2.13. The number of halogens is 1. The monoisotopic (exact) mass is 256 g/mol. The molecule has 1 rings (SSSR count). The first-order valence-electron chi connectivity index (χ1n) is 5.56. The summed E-state index contributed by atoms with van der Waals surface area (Å²) in [6.45, 7) is 3.19. The third-order valence-electron chi connectivity index (χ3n) is 2.19. The smallest absolute Gasteiger partial charge is 0.224 e. The maximum Gasteiger partial charge on any atom is 0.224 e. The van der Waals surface area contributed by atoms with E-state index in [2.05, 4.69) is 5.32 Å². The van der Waals surface area contributed by atoms with Crippen LogP contribution < -0.4 is 11.1 Å². The van der Waals surface area contributed by atoms with E-state index in [1.54, 1.807) is 18.2 Å². The highest BCUT2D eigenvalue weighted by molar-refractivity contribution is 6.31. The fraction of sp³-hybridized carbons (Fsp3) is 0.417. The average Bonchev–Trinajstić information content (AvgIpc) is 2.29. The summed E-state index contributed by atoms with van der Waals surface area (Å²) >= 11 is 5.82. The third kappa shape index (κ3) is 5.06. The highest BCUT2D eigenvalue weighted by Crippen LogP contribution is 2.22. The highest BCUT2D eigenvalue weighted by Gasteiger charge is 2.05. The molecule has 17 heavy (non-hydrogen) atoms. The van der Waals surface area contributed by atoms with Gasteiger partial charge in [0.25, 0.3) is 0 Å². The second-order valence-corrected chi connectivity index (χ2v) is 4.02. The largest absolute Gasteiger partial charge is 0.397 e. The summed E-state index contributed by atoms with van der Waals surface area (Å²) in [4.78, 5) is 11.6. The molecule has 4 nitrogen and oxygen atoms in total. The van der Waals surface area contributed by atoms with Gasteiger partial charge in [0, 0.05) is 24.7 Å². The van der Waals surface area contributed by atoms with Gasteiger partial charge in [-0.05, 0) is 31.5 Å². The molecule has 0 bridgehead atoms. The van der Waals surface area contributed by atoms with Crippen molar-refractivity contribution >= 4 is 28.9 Å². The van der Waals surface area contributed by atoms with Gasteiger partial charge in [0.2, 0.25) is 5.91 Å². The van der Waals surface area contributed by atoms with E-state index >= 15 is 0 Å². The summed E-state index contributed by atoms with van der Waals surface area (Å²) < 4.78 is 5.15. The van der Waals surface area contributed by atoms with Gasteiger partial charge in [-0.25, -0.2) is 0 Å². The molecule has 0 spiro atoms. The number of nitrogens with one attached hydrogen (secondary N) is 1. The summed E-state index contributed by atoms with van der Waals surface area (Å²) in [5.74, 6) is -0.0846. The number of rotatable bonds is 6. The van der Waals surface area contributed by atoms with Crippen LogP contribution in [-0.4, -0.2) is 19.1 Å². The normalized spacial score (nSPS) is 10.2. The Morgan fingerprint density at radius 2 is 2.29 bits per heavy atom. The second-order valence-electron chi connectivity index (χ2n) is 3.58. The molecule has 0 heterocycles. The van der Waals surface area contributed by atoms with Crippen LogP contribution in [0, 0.1) is 0 Å². The number of amides is 1. The fourth-order valence-electron chi connectivity index (χ4n) is 1.33. The summed E-state index contributed by atoms with van der Waals surface area (Å²) in [5.41, 5.74) is 6.78. The molecule has 0 aromatic heterocycles. The minimum absolute atomic E-state index is 0.0846. The van der Waals surface area contributed by atoms with Crippen molar-refractivity contribution in [2.45, 2.75) is 19.8 Å². The molecule has 1 amide bonds. The van der Waals surface area contributed by atoms with Gasteiger partial charge in [-0.3, -0.25) is 4.79 Å². The number of carbonyl (C=O) groups is 1. The molecule has 0 fully saturated rings. The molecule has 0 aliphatic rings. The number of anilines is 2. The molecule has 3 N–H and O–H groups in total. The number of benzene rings is 1. The quantitative estimate of drug-likeness (QED) is 0.608. The molecule has 5 heteroatoms. The van der Waals surface area contributed by atoms with Crippen molar-refractivity contribution in [3.8, 4) is 0 Å². The first-order chi connectivity index (χ1) is 8.13. The average molecular weight is 257 g/mol. The summed E-state index contributed by atoms with van der Waals surface area (Å²) in [6.07, 6.45) is 1.10. The van der Waals surface area contributed by atoms with Crippen LogP contribution in [0.2, 0.25) is 5.02 Å². The van der Waals surface area contributed by atoms with Gasteiger partial charge >= 0.3 is 0 Å². The van der Waals surface area contributed by atoms with Crippen LogP contribution in [0.25, 0.3) is 0 Å². The minimum Gasteiger partial charge on any atom is -0.397 e. The van der Waals surface area contributed by atoms with Crippen molar-refractivity contribution in [1.29, 1.82) is 0 Å². The Morgan fingerprint density at radius 1 is 1.53 bits per heavy atom. The van der Waals surface area contributed by atoms with Crippen LogP contribution in [-0.2, 0) is 9.53 Å². The number of hydrogen-bond donors (Lipinski definition) is 2. The summed E-state index contributed by atoms with van der Waals surface area (Å²) in [5, 5.41) is 3.27. The Hall–Kier alpha value is -1.26.